The molecule has 2 heterocycles. The van der Waals surface area contributed by atoms with Crippen LogP contribution in [0.1, 0.15) is 12.8 Å². The summed E-state index contributed by atoms with van der Waals surface area (Å²) in [6, 6.07) is 4.30. The van der Waals surface area contributed by atoms with E-state index in [2.05, 4.69) is 27.3 Å². The zero-order valence-corrected chi connectivity index (χ0v) is 8.69. The summed E-state index contributed by atoms with van der Waals surface area (Å²) in [6.45, 7) is 3.87. The van der Waals surface area contributed by atoms with Crippen molar-refractivity contribution in [3.63, 3.8) is 0 Å². The molecule has 1 N–H and O–H groups in total. The normalized spacial score (nSPS) is 36.7. The molecule has 5 nitrogen and oxygen atoms in total. The van der Waals surface area contributed by atoms with Gasteiger partial charge in [-0.15, -0.1) is 0 Å². The SMILES string of the molecule is N#CCCN1C[C@H]1N[C@@H]1CN1CCC#N. The van der Waals surface area contributed by atoms with E-state index in [0.29, 0.717) is 25.2 Å². The number of hydrogen-bond donors (Lipinski definition) is 1. The Morgan fingerprint density at radius 2 is 1.47 bits per heavy atom. The summed E-state index contributed by atoms with van der Waals surface area (Å²) >= 11 is 0. The molecule has 0 aromatic heterocycles. The third-order valence-corrected chi connectivity index (χ3v) is 2.84. The molecule has 0 amide bonds. The van der Waals surface area contributed by atoms with Crippen LogP contribution < -0.4 is 5.32 Å². The molecule has 0 bridgehead atoms. The zero-order chi connectivity index (χ0) is 10.7. The Labute approximate surface area is 89.9 Å². The van der Waals surface area contributed by atoms with E-state index >= 15 is 0 Å². The number of nitrogens with one attached hydrogen (secondary N) is 1. The minimum absolute atomic E-state index is 0.468. The van der Waals surface area contributed by atoms with Gasteiger partial charge in [0.15, 0.2) is 0 Å². The van der Waals surface area contributed by atoms with Gasteiger partial charge in [0.25, 0.3) is 0 Å². The van der Waals surface area contributed by atoms with E-state index in [1.54, 1.807) is 0 Å². The first-order valence-electron chi connectivity index (χ1n) is 5.33. The summed E-state index contributed by atoms with van der Waals surface area (Å²) in [5.41, 5.74) is 0. The van der Waals surface area contributed by atoms with Crippen molar-refractivity contribution in [1.82, 2.24) is 15.1 Å². The molecule has 80 valence electrons. The number of rotatable bonds is 6. The van der Waals surface area contributed by atoms with E-state index in [1.165, 1.54) is 0 Å². The van der Waals surface area contributed by atoms with Crippen LogP contribution in [0, 0.1) is 22.7 Å². The number of nitriles is 2. The lowest BCUT2D eigenvalue weighted by molar-refractivity contribution is 0.415. The van der Waals surface area contributed by atoms with Gasteiger partial charge in [-0.25, -0.2) is 0 Å². The first-order chi connectivity index (χ1) is 7.35. The van der Waals surface area contributed by atoms with Crippen LogP contribution in [0.3, 0.4) is 0 Å². The van der Waals surface area contributed by atoms with Crippen LogP contribution in [-0.4, -0.2) is 48.3 Å². The predicted octanol–water partition coefficient (Wildman–Crippen LogP) is -0.313. The smallest absolute Gasteiger partial charge is 0.0742 e. The van der Waals surface area contributed by atoms with Crippen LogP contribution >= 0.6 is 0 Å². The van der Waals surface area contributed by atoms with Gasteiger partial charge in [-0.3, -0.25) is 15.1 Å². The number of nitrogens with zero attached hydrogens (tertiary/aromatic N) is 4. The maximum atomic E-state index is 8.43. The highest BCUT2D eigenvalue weighted by atomic mass is 15.5. The summed E-state index contributed by atoms with van der Waals surface area (Å²) in [6.07, 6.45) is 2.16. The minimum atomic E-state index is 0.468. The van der Waals surface area contributed by atoms with Gasteiger partial charge in [0.2, 0.25) is 0 Å². The first kappa shape index (κ1) is 10.4. The molecule has 0 aliphatic carbocycles. The predicted molar refractivity (Wildman–Crippen MR) is 54.3 cm³/mol. The van der Waals surface area contributed by atoms with Crippen molar-refractivity contribution >= 4 is 0 Å². The van der Waals surface area contributed by atoms with Gasteiger partial charge in [-0.2, -0.15) is 10.5 Å². The van der Waals surface area contributed by atoms with Gasteiger partial charge in [0.05, 0.1) is 24.5 Å². The van der Waals surface area contributed by atoms with Crippen molar-refractivity contribution in [3.8, 4) is 12.1 Å². The second-order valence-electron chi connectivity index (χ2n) is 4.00. The fourth-order valence-corrected chi connectivity index (χ4v) is 1.77. The molecule has 2 unspecified atom stereocenters. The highest BCUT2D eigenvalue weighted by Crippen LogP contribution is 2.21. The second-order valence-corrected chi connectivity index (χ2v) is 4.00. The van der Waals surface area contributed by atoms with Crippen molar-refractivity contribution in [3.05, 3.63) is 0 Å². The van der Waals surface area contributed by atoms with Crippen LogP contribution in [0.4, 0.5) is 0 Å². The molecular formula is C10H15N5. The average molecular weight is 205 g/mol. The molecule has 5 heteroatoms. The lowest BCUT2D eigenvalue weighted by Crippen LogP contribution is -2.28. The van der Waals surface area contributed by atoms with Crippen LogP contribution in [0.2, 0.25) is 0 Å². The van der Waals surface area contributed by atoms with Gasteiger partial charge >= 0.3 is 0 Å². The molecule has 0 saturated carbocycles. The van der Waals surface area contributed by atoms with Gasteiger partial charge in [0.1, 0.15) is 0 Å². The van der Waals surface area contributed by atoms with E-state index in [1.807, 2.05) is 0 Å². The first-order valence-corrected chi connectivity index (χ1v) is 5.33. The van der Waals surface area contributed by atoms with Crippen molar-refractivity contribution in [1.29, 1.82) is 10.5 Å². The fraction of sp³-hybridized carbons (Fsp3) is 0.800. The molecule has 2 fully saturated rings. The lowest BCUT2D eigenvalue weighted by Gasteiger charge is -2.03. The summed E-state index contributed by atoms with van der Waals surface area (Å²) in [5, 5.41) is 20.3. The molecule has 2 aliphatic rings. The molecule has 2 rings (SSSR count). The molecule has 0 aromatic rings. The Hall–Kier alpha value is -1.14. The second kappa shape index (κ2) is 4.59. The topological polar surface area (TPSA) is 65.6 Å². The Morgan fingerprint density at radius 1 is 1.00 bits per heavy atom. The van der Waals surface area contributed by atoms with Crippen LogP contribution in [0.5, 0.6) is 0 Å². The quantitative estimate of drug-likeness (QED) is 0.602. The van der Waals surface area contributed by atoms with Gasteiger partial charge in [0, 0.05) is 39.0 Å². The van der Waals surface area contributed by atoms with E-state index in [0.717, 1.165) is 26.2 Å². The molecular weight excluding hydrogens is 190 g/mol. The van der Waals surface area contributed by atoms with E-state index in [9.17, 15) is 0 Å². The Morgan fingerprint density at radius 3 is 1.87 bits per heavy atom. The van der Waals surface area contributed by atoms with Crippen molar-refractivity contribution in [2.45, 2.75) is 25.2 Å². The van der Waals surface area contributed by atoms with Gasteiger partial charge in [-0.1, -0.05) is 0 Å². The number of hydrogen-bond acceptors (Lipinski definition) is 5. The third kappa shape index (κ3) is 2.90. The Kier molecular flexibility index (Phi) is 3.17. The van der Waals surface area contributed by atoms with Crippen molar-refractivity contribution < 1.29 is 0 Å². The average Bonchev–Trinajstić information content (AvgIpc) is 3.13. The third-order valence-electron chi connectivity index (χ3n) is 2.84. The van der Waals surface area contributed by atoms with E-state index < -0.39 is 0 Å². The standard InChI is InChI=1S/C10H15N5/c11-3-1-5-14-7-9(14)13-10-8-15(10)6-2-4-12/h9-10,13H,1-2,5-8H2/t9-,10-,14?,15?/m0/s1. The summed E-state index contributed by atoms with van der Waals surface area (Å²) in [4.78, 5) is 4.51. The highest BCUT2D eigenvalue weighted by Gasteiger charge is 2.41. The van der Waals surface area contributed by atoms with Crippen molar-refractivity contribution in [2.75, 3.05) is 26.2 Å². The Balaban J connectivity index is 1.54. The zero-order valence-electron chi connectivity index (χ0n) is 8.69. The van der Waals surface area contributed by atoms with Crippen LogP contribution in [0.25, 0.3) is 0 Å². The summed E-state index contributed by atoms with van der Waals surface area (Å²) < 4.78 is 0. The molecule has 2 aliphatic heterocycles. The molecule has 0 radical (unpaired) electrons. The minimum Gasteiger partial charge on any atom is -0.284 e. The molecule has 4 atom stereocenters. The largest absolute Gasteiger partial charge is 0.284 e. The lowest BCUT2D eigenvalue weighted by atomic mass is 10.5. The maximum Gasteiger partial charge on any atom is 0.0742 e. The van der Waals surface area contributed by atoms with Crippen LogP contribution in [0.15, 0.2) is 0 Å². The Bertz CT molecular complexity index is 272. The monoisotopic (exact) mass is 205 g/mol. The molecule has 0 spiro atoms. The fourth-order valence-electron chi connectivity index (χ4n) is 1.77. The van der Waals surface area contributed by atoms with Crippen LogP contribution in [-0.2, 0) is 0 Å². The molecule has 15 heavy (non-hydrogen) atoms. The summed E-state index contributed by atoms with van der Waals surface area (Å²) in [5.74, 6) is 0. The van der Waals surface area contributed by atoms with E-state index in [-0.39, 0.29) is 0 Å². The molecule has 2 saturated heterocycles. The highest BCUT2D eigenvalue weighted by molar-refractivity contribution is 4.97. The van der Waals surface area contributed by atoms with E-state index in [4.69, 9.17) is 10.5 Å². The molecule has 0 aromatic carbocycles. The van der Waals surface area contributed by atoms with Crippen molar-refractivity contribution in [2.24, 2.45) is 0 Å². The van der Waals surface area contributed by atoms with Gasteiger partial charge < -0.3 is 0 Å². The van der Waals surface area contributed by atoms with Gasteiger partial charge in [-0.05, 0) is 0 Å². The summed E-state index contributed by atoms with van der Waals surface area (Å²) in [7, 11) is 0. The maximum absolute atomic E-state index is 8.43.